The lowest BCUT2D eigenvalue weighted by Crippen LogP contribution is -2.42. The van der Waals surface area contributed by atoms with Crippen LogP contribution in [0.4, 0.5) is 5.69 Å². The third kappa shape index (κ3) is 4.96. The highest BCUT2D eigenvalue weighted by molar-refractivity contribution is 7.26. The molecule has 1 amide bonds. The summed E-state index contributed by atoms with van der Waals surface area (Å²) in [5, 5.41) is 0. The van der Waals surface area contributed by atoms with E-state index in [0.717, 1.165) is 16.7 Å². The highest BCUT2D eigenvalue weighted by Gasteiger charge is 2.20. The molecule has 0 spiro atoms. The summed E-state index contributed by atoms with van der Waals surface area (Å²) in [4.78, 5) is 25.6. The Morgan fingerprint density at radius 2 is 1.93 bits per heavy atom. The zero-order valence-corrected chi connectivity index (χ0v) is 17.8. The summed E-state index contributed by atoms with van der Waals surface area (Å²) in [7, 11) is 2.20. The molecule has 0 saturated heterocycles. The minimum atomic E-state index is 0.0837. The van der Waals surface area contributed by atoms with Crippen LogP contribution in [0.25, 0.3) is 11.4 Å². The van der Waals surface area contributed by atoms with Gasteiger partial charge in [0.15, 0.2) is 5.82 Å². The smallest absolute Gasteiger partial charge is 0.242 e. The van der Waals surface area contributed by atoms with Gasteiger partial charge in [-0.15, -0.1) is 0 Å². The van der Waals surface area contributed by atoms with Crippen molar-refractivity contribution in [1.29, 1.82) is 0 Å². The van der Waals surface area contributed by atoms with Crippen LogP contribution >= 0.6 is 8.35 Å². The SMILES string of the molecule is Cc1ccc(N(C)CC(=O)N(Cc2nc(-c3cccnc3)n[pH]2)C(C)C)cc1. The third-order valence-corrected chi connectivity index (χ3v) is 5.41. The first-order chi connectivity index (χ1) is 13.4. The molecule has 2 aromatic heterocycles. The predicted molar refractivity (Wildman–Crippen MR) is 115 cm³/mol. The number of aryl methyl sites for hydroxylation is 1. The number of nitrogens with zero attached hydrogens (tertiary/aromatic N) is 5. The molecule has 0 aliphatic heterocycles. The van der Waals surface area contributed by atoms with Crippen molar-refractivity contribution in [2.24, 2.45) is 0 Å². The molecule has 0 N–H and O–H groups in total. The van der Waals surface area contributed by atoms with Crippen molar-refractivity contribution in [3.8, 4) is 11.4 Å². The first-order valence-corrected chi connectivity index (χ1v) is 10.3. The number of benzene rings is 1. The molecule has 1 unspecified atom stereocenters. The van der Waals surface area contributed by atoms with Crippen molar-refractivity contribution in [2.75, 3.05) is 18.5 Å². The maximum atomic E-state index is 13.0. The van der Waals surface area contributed by atoms with E-state index in [0.29, 0.717) is 18.9 Å². The Labute approximate surface area is 167 Å². The molecule has 0 radical (unpaired) electrons. The highest BCUT2D eigenvalue weighted by Crippen LogP contribution is 2.22. The van der Waals surface area contributed by atoms with Gasteiger partial charge in [0.2, 0.25) is 5.91 Å². The van der Waals surface area contributed by atoms with Crippen molar-refractivity contribution in [3.63, 3.8) is 0 Å². The molecule has 28 heavy (non-hydrogen) atoms. The molecular formula is C21H26N5OP. The molecule has 0 fully saturated rings. The molecular weight excluding hydrogens is 369 g/mol. The topological polar surface area (TPSA) is 62.2 Å². The van der Waals surface area contributed by atoms with Crippen LogP contribution in [-0.2, 0) is 11.3 Å². The zero-order valence-electron chi connectivity index (χ0n) is 16.8. The molecule has 3 rings (SSSR count). The molecule has 146 valence electrons. The lowest BCUT2D eigenvalue weighted by molar-refractivity contribution is -0.132. The van der Waals surface area contributed by atoms with Gasteiger partial charge < -0.3 is 9.80 Å². The second-order valence-electron chi connectivity index (χ2n) is 7.15. The van der Waals surface area contributed by atoms with Crippen LogP contribution in [0.2, 0.25) is 0 Å². The van der Waals surface area contributed by atoms with E-state index in [9.17, 15) is 4.79 Å². The number of anilines is 1. The Bertz CT molecular complexity index is 908. The lowest BCUT2D eigenvalue weighted by atomic mass is 10.2. The molecule has 7 heteroatoms. The summed E-state index contributed by atoms with van der Waals surface area (Å²) in [5.41, 5.74) is 4.08. The van der Waals surface area contributed by atoms with Crippen molar-refractivity contribution < 1.29 is 4.79 Å². The average molecular weight is 395 g/mol. The lowest BCUT2D eigenvalue weighted by Gasteiger charge is -2.29. The highest BCUT2D eigenvalue weighted by atomic mass is 31.0. The van der Waals surface area contributed by atoms with Gasteiger partial charge in [-0.1, -0.05) is 17.7 Å². The van der Waals surface area contributed by atoms with Crippen molar-refractivity contribution >= 4 is 19.9 Å². The number of carbonyl (C=O) groups excluding carboxylic acids is 1. The largest absolute Gasteiger partial charge is 0.365 e. The van der Waals surface area contributed by atoms with Crippen LogP contribution in [0.3, 0.4) is 0 Å². The van der Waals surface area contributed by atoms with Crippen molar-refractivity contribution in [3.05, 3.63) is 59.8 Å². The quantitative estimate of drug-likeness (QED) is 0.610. The summed E-state index contributed by atoms with van der Waals surface area (Å²) in [6.07, 6.45) is 3.49. The van der Waals surface area contributed by atoms with E-state index in [1.807, 2.05) is 55.0 Å². The van der Waals surface area contributed by atoms with Crippen LogP contribution in [0.1, 0.15) is 24.8 Å². The van der Waals surface area contributed by atoms with Crippen LogP contribution in [0.15, 0.2) is 48.8 Å². The normalized spacial score (nSPS) is 11.2. The summed E-state index contributed by atoms with van der Waals surface area (Å²) < 4.78 is 4.53. The van der Waals surface area contributed by atoms with E-state index in [2.05, 4.69) is 33.8 Å². The van der Waals surface area contributed by atoms with Gasteiger partial charge >= 0.3 is 0 Å². The van der Waals surface area contributed by atoms with Crippen LogP contribution < -0.4 is 4.90 Å². The van der Waals surface area contributed by atoms with Gasteiger partial charge in [0.25, 0.3) is 0 Å². The van der Waals surface area contributed by atoms with Gasteiger partial charge in [0, 0.05) is 36.7 Å². The number of rotatable bonds is 7. The molecule has 1 aromatic carbocycles. The standard InChI is InChI=1S/C21H26N5OP/c1-15(2)26(20(27)14-25(4)18-9-7-16(3)8-10-18)13-19-23-21(24-28-19)17-6-5-11-22-12-17/h5-12,15,28H,13-14H2,1-4H3. The molecule has 2 heterocycles. The third-order valence-electron chi connectivity index (χ3n) is 4.56. The number of likely N-dealkylation sites (N-methyl/N-ethyl adjacent to an activating group) is 1. The van der Waals surface area contributed by atoms with Crippen LogP contribution in [-0.4, -0.2) is 45.2 Å². The summed E-state index contributed by atoms with van der Waals surface area (Å²) >= 11 is 0. The van der Waals surface area contributed by atoms with Crippen LogP contribution in [0.5, 0.6) is 0 Å². The number of amides is 1. The Hall–Kier alpha value is -2.72. The second-order valence-corrected chi connectivity index (χ2v) is 8.18. The number of hydrogen-bond acceptors (Lipinski definition) is 5. The van der Waals surface area contributed by atoms with Gasteiger partial charge in [-0.05, 0) is 53.4 Å². The molecule has 1 atom stereocenters. The van der Waals surface area contributed by atoms with Gasteiger partial charge in [0.05, 0.1) is 18.5 Å². The fourth-order valence-corrected chi connectivity index (χ4v) is 3.71. The van der Waals surface area contributed by atoms with E-state index in [1.165, 1.54) is 5.56 Å². The molecule has 0 bridgehead atoms. The Morgan fingerprint density at radius 3 is 2.57 bits per heavy atom. The van der Waals surface area contributed by atoms with Gasteiger partial charge in [0.1, 0.15) is 0 Å². The van der Waals surface area contributed by atoms with E-state index in [1.54, 1.807) is 12.4 Å². The monoisotopic (exact) mass is 395 g/mol. The van der Waals surface area contributed by atoms with Gasteiger partial charge in [-0.3, -0.25) is 9.78 Å². The fourth-order valence-electron chi connectivity index (χ4n) is 2.89. The molecule has 6 nitrogen and oxygen atoms in total. The van der Waals surface area contributed by atoms with Crippen LogP contribution in [0, 0.1) is 6.92 Å². The molecule has 0 saturated carbocycles. The predicted octanol–water partition coefficient (Wildman–Crippen LogP) is 3.75. The Morgan fingerprint density at radius 1 is 1.18 bits per heavy atom. The van der Waals surface area contributed by atoms with E-state index >= 15 is 0 Å². The number of pyridine rings is 1. The summed E-state index contributed by atoms with van der Waals surface area (Å²) in [5.74, 6) is 0.787. The first-order valence-electron chi connectivity index (χ1n) is 9.33. The zero-order chi connectivity index (χ0) is 20.1. The maximum absolute atomic E-state index is 13.0. The second kappa shape index (κ2) is 8.98. The fraction of sp³-hybridized carbons (Fsp3) is 0.333. The average Bonchev–Trinajstić information content (AvgIpc) is 3.15. The number of aromatic nitrogens is 3. The number of carbonyl (C=O) groups is 1. The first kappa shape index (κ1) is 20.0. The van der Waals surface area contributed by atoms with Gasteiger partial charge in [-0.25, -0.2) is 9.73 Å². The number of hydrogen-bond donors (Lipinski definition) is 0. The minimum Gasteiger partial charge on any atom is -0.365 e. The van der Waals surface area contributed by atoms with Gasteiger partial charge in [-0.2, -0.15) is 0 Å². The summed E-state index contributed by atoms with van der Waals surface area (Å²) in [6.45, 7) is 6.95. The van der Waals surface area contributed by atoms with Crippen molar-refractivity contribution in [1.82, 2.24) is 19.6 Å². The minimum absolute atomic E-state index is 0.0837. The van der Waals surface area contributed by atoms with E-state index in [4.69, 9.17) is 0 Å². The summed E-state index contributed by atoms with van der Waals surface area (Å²) in [6, 6.07) is 12.1. The molecule has 0 aliphatic carbocycles. The molecule has 0 aliphatic rings. The molecule has 3 aromatic rings. The van der Waals surface area contributed by atoms with Crippen molar-refractivity contribution in [2.45, 2.75) is 33.4 Å². The Kier molecular flexibility index (Phi) is 6.42. The Balaban J connectivity index is 1.68. The van der Waals surface area contributed by atoms with E-state index < -0.39 is 0 Å². The van der Waals surface area contributed by atoms with E-state index in [-0.39, 0.29) is 20.3 Å². The maximum Gasteiger partial charge on any atom is 0.242 e.